The molecule has 0 N–H and O–H groups in total. The fourth-order valence-electron chi connectivity index (χ4n) is 4.55. The van der Waals surface area contributed by atoms with Crippen molar-refractivity contribution >= 4 is 14.2 Å². The molecule has 154 valence electrons. The van der Waals surface area contributed by atoms with Crippen LogP contribution in [0.5, 0.6) is 23.0 Å². The molecular weight excluding hydrogens is 398 g/mol. The molecule has 2 atom stereocenters. The van der Waals surface area contributed by atoms with E-state index < -0.39 is 14.2 Å². The molecule has 0 saturated carbocycles. The largest absolute Gasteiger partial charge is 0.603 e. The third-order valence-electron chi connectivity index (χ3n) is 6.01. The lowest BCUT2D eigenvalue weighted by molar-refractivity contribution is 0.433. The van der Waals surface area contributed by atoms with Gasteiger partial charge in [0.15, 0.2) is 0 Å². The zero-order chi connectivity index (χ0) is 21.3. The van der Waals surface area contributed by atoms with Crippen molar-refractivity contribution in [2.24, 2.45) is 0 Å². The molecule has 4 aromatic carbocycles. The SMILES string of the molecule is c1ccc(C(B2Oc3ccccc3O2)C(B2Oc3ccccc3O2)c2ccccc2)cc1. The van der Waals surface area contributed by atoms with Gasteiger partial charge >= 0.3 is 14.2 Å². The standard InChI is InChI=1S/C26H20B2O4/c1-3-11-19(12-4-1)25(27-29-21-15-7-8-16-22(21)30-27)26(20-13-5-2-6-14-20)28-31-23-17-9-10-18-24(23)32-28/h1-18,25-26H. The highest BCUT2D eigenvalue weighted by atomic mass is 16.6. The topological polar surface area (TPSA) is 36.9 Å². The van der Waals surface area contributed by atoms with Crippen molar-refractivity contribution in [3.8, 4) is 23.0 Å². The molecule has 4 aromatic rings. The first-order valence-electron chi connectivity index (χ1n) is 10.8. The zero-order valence-corrected chi connectivity index (χ0v) is 17.3. The molecular formula is C26H20B2O4. The summed E-state index contributed by atoms with van der Waals surface area (Å²) in [4.78, 5) is 0. The lowest BCUT2D eigenvalue weighted by Crippen LogP contribution is -2.45. The predicted molar refractivity (Wildman–Crippen MR) is 125 cm³/mol. The summed E-state index contributed by atoms with van der Waals surface area (Å²) in [6, 6.07) is 36.2. The van der Waals surface area contributed by atoms with Gasteiger partial charge in [-0.15, -0.1) is 0 Å². The van der Waals surface area contributed by atoms with E-state index in [1.165, 1.54) is 0 Å². The van der Waals surface area contributed by atoms with E-state index in [0.717, 1.165) is 34.1 Å². The van der Waals surface area contributed by atoms with Crippen molar-refractivity contribution < 1.29 is 18.6 Å². The summed E-state index contributed by atoms with van der Waals surface area (Å²) < 4.78 is 25.3. The molecule has 0 bridgehead atoms. The fourth-order valence-corrected chi connectivity index (χ4v) is 4.55. The summed E-state index contributed by atoms with van der Waals surface area (Å²) in [5.74, 6) is 2.66. The van der Waals surface area contributed by atoms with Gasteiger partial charge in [0.05, 0.1) is 11.6 Å². The smallest absolute Gasteiger partial charge is 0.523 e. The Bertz CT molecular complexity index is 1070. The van der Waals surface area contributed by atoms with Gasteiger partial charge in [-0.25, -0.2) is 0 Å². The van der Waals surface area contributed by atoms with Gasteiger partial charge in [-0.2, -0.15) is 0 Å². The Kier molecular flexibility index (Phi) is 4.76. The van der Waals surface area contributed by atoms with Crippen molar-refractivity contribution in [2.75, 3.05) is 0 Å². The number of hydrogen-bond donors (Lipinski definition) is 0. The van der Waals surface area contributed by atoms with Crippen molar-refractivity contribution in [1.29, 1.82) is 0 Å². The van der Waals surface area contributed by atoms with Crippen LogP contribution in [-0.2, 0) is 0 Å². The first-order valence-corrected chi connectivity index (χ1v) is 10.8. The number of fused-ring (bicyclic) bond motifs is 2. The van der Waals surface area contributed by atoms with Gasteiger partial charge in [0, 0.05) is 0 Å². The zero-order valence-electron chi connectivity index (χ0n) is 17.3. The maximum absolute atomic E-state index is 6.33. The van der Waals surface area contributed by atoms with Crippen LogP contribution in [-0.4, -0.2) is 14.2 Å². The summed E-state index contributed by atoms with van der Waals surface area (Å²) in [5, 5.41) is 0. The van der Waals surface area contributed by atoms with Gasteiger partial charge in [-0.3, -0.25) is 0 Å². The molecule has 6 rings (SSSR count). The van der Waals surface area contributed by atoms with Crippen LogP contribution in [0, 0.1) is 0 Å². The molecule has 4 nitrogen and oxygen atoms in total. The van der Waals surface area contributed by atoms with Crippen molar-refractivity contribution in [3.63, 3.8) is 0 Å². The highest BCUT2D eigenvalue weighted by Gasteiger charge is 2.54. The minimum absolute atomic E-state index is 0.176. The lowest BCUT2D eigenvalue weighted by atomic mass is 9.49. The van der Waals surface area contributed by atoms with Crippen LogP contribution < -0.4 is 18.6 Å². The second-order valence-electron chi connectivity index (χ2n) is 7.97. The molecule has 2 heterocycles. The molecule has 0 aliphatic carbocycles. The third kappa shape index (κ3) is 3.38. The Morgan fingerprint density at radius 2 is 0.656 bits per heavy atom. The summed E-state index contributed by atoms with van der Waals surface area (Å²) in [6.45, 7) is 0. The van der Waals surface area contributed by atoms with Gasteiger partial charge in [0.1, 0.15) is 23.0 Å². The van der Waals surface area contributed by atoms with Crippen LogP contribution in [0.3, 0.4) is 0 Å². The number of hydrogen-bond acceptors (Lipinski definition) is 4. The first-order chi connectivity index (χ1) is 15.9. The Morgan fingerprint density at radius 3 is 0.969 bits per heavy atom. The molecule has 0 fully saturated rings. The minimum Gasteiger partial charge on any atom is -0.523 e. The highest BCUT2D eigenvalue weighted by Crippen LogP contribution is 2.46. The Morgan fingerprint density at radius 1 is 0.375 bits per heavy atom. The quantitative estimate of drug-likeness (QED) is 0.399. The highest BCUT2D eigenvalue weighted by molar-refractivity contribution is 6.57. The maximum atomic E-state index is 6.33. The average Bonchev–Trinajstić information content (AvgIpc) is 3.47. The fraction of sp³-hybridized carbons (Fsp3) is 0.0769. The van der Waals surface area contributed by atoms with Crippen LogP contribution >= 0.6 is 0 Å². The summed E-state index contributed by atoms with van der Waals surface area (Å²) in [5.41, 5.74) is 2.20. The van der Waals surface area contributed by atoms with E-state index >= 15 is 0 Å². The summed E-state index contributed by atoms with van der Waals surface area (Å²) >= 11 is 0. The third-order valence-corrected chi connectivity index (χ3v) is 6.01. The minimum atomic E-state index is -0.518. The Labute approximate surface area is 188 Å². The van der Waals surface area contributed by atoms with Crippen LogP contribution in [0.2, 0.25) is 0 Å². The number of para-hydroxylation sites is 4. The van der Waals surface area contributed by atoms with Crippen molar-refractivity contribution in [3.05, 3.63) is 120 Å². The molecule has 2 unspecified atom stereocenters. The van der Waals surface area contributed by atoms with Crippen LogP contribution in [0.25, 0.3) is 0 Å². The second kappa shape index (κ2) is 8.04. The first kappa shape index (κ1) is 18.9. The predicted octanol–water partition coefficient (Wildman–Crippen LogP) is 5.55. The van der Waals surface area contributed by atoms with Gasteiger partial charge < -0.3 is 18.6 Å². The number of rotatable bonds is 5. The lowest BCUT2D eigenvalue weighted by Gasteiger charge is -2.28. The van der Waals surface area contributed by atoms with Crippen molar-refractivity contribution in [2.45, 2.75) is 11.6 Å². The van der Waals surface area contributed by atoms with E-state index in [-0.39, 0.29) is 11.6 Å². The Hall–Kier alpha value is -3.79. The molecule has 0 radical (unpaired) electrons. The molecule has 2 aliphatic rings. The van der Waals surface area contributed by atoms with E-state index in [1.54, 1.807) is 0 Å². The summed E-state index contributed by atoms with van der Waals surface area (Å²) in [7, 11) is -1.04. The molecule has 0 saturated heterocycles. The monoisotopic (exact) mass is 418 g/mol. The van der Waals surface area contributed by atoms with E-state index in [0.29, 0.717) is 0 Å². The molecule has 0 aromatic heterocycles. The maximum Gasteiger partial charge on any atom is 0.603 e. The summed E-state index contributed by atoms with van der Waals surface area (Å²) in [6.07, 6.45) is 0. The van der Waals surface area contributed by atoms with Crippen LogP contribution in [0.1, 0.15) is 22.8 Å². The molecule has 0 amide bonds. The van der Waals surface area contributed by atoms with E-state index in [9.17, 15) is 0 Å². The Balaban J connectivity index is 1.45. The van der Waals surface area contributed by atoms with Crippen LogP contribution in [0.4, 0.5) is 0 Å². The van der Waals surface area contributed by atoms with Gasteiger partial charge in [-0.05, 0) is 35.4 Å². The van der Waals surface area contributed by atoms with E-state index in [1.807, 2.05) is 84.9 Å². The molecule has 2 aliphatic heterocycles. The van der Waals surface area contributed by atoms with Crippen LogP contribution in [0.15, 0.2) is 109 Å². The van der Waals surface area contributed by atoms with Gasteiger partial charge in [0.2, 0.25) is 0 Å². The van der Waals surface area contributed by atoms with Crippen molar-refractivity contribution in [1.82, 2.24) is 0 Å². The molecule has 6 heteroatoms. The second-order valence-corrected chi connectivity index (χ2v) is 7.97. The van der Waals surface area contributed by atoms with E-state index in [4.69, 9.17) is 18.6 Å². The average molecular weight is 418 g/mol. The van der Waals surface area contributed by atoms with Gasteiger partial charge in [0.25, 0.3) is 0 Å². The van der Waals surface area contributed by atoms with Gasteiger partial charge in [-0.1, -0.05) is 84.9 Å². The number of benzene rings is 4. The normalized spacial score (nSPS) is 15.5. The molecule has 32 heavy (non-hydrogen) atoms. The van der Waals surface area contributed by atoms with E-state index in [2.05, 4.69) is 24.3 Å². The molecule has 0 spiro atoms.